The quantitative estimate of drug-likeness (QED) is 0.176. The summed E-state index contributed by atoms with van der Waals surface area (Å²) in [5, 5.41) is 0. The van der Waals surface area contributed by atoms with Crippen LogP contribution in [0.25, 0.3) is 0 Å². The molecule has 1 atom stereocenters. The first-order chi connectivity index (χ1) is 15.9. The second-order valence-corrected chi connectivity index (χ2v) is 9.38. The van der Waals surface area contributed by atoms with Gasteiger partial charge in [0.25, 0.3) is 0 Å². The molecule has 0 radical (unpaired) electrons. The predicted molar refractivity (Wildman–Crippen MR) is 136 cm³/mol. The smallest absolute Gasteiger partial charge is 0.241 e. The Morgan fingerprint density at radius 3 is 1.72 bits per heavy atom. The maximum absolute atomic E-state index is 3.29. The van der Waals surface area contributed by atoms with Crippen LogP contribution in [-0.2, 0) is 12.8 Å². The Morgan fingerprint density at radius 1 is 0.688 bits per heavy atom. The van der Waals surface area contributed by atoms with E-state index in [1.165, 1.54) is 75.3 Å². The lowest BCUT2D eigenvalue weighted by atomic mass is 9.84. The number of unbranched alkanes of at least 4 members (excludes halogenated alkanes) is 8. The highest BCUT2D eigenvalue weighted by molar-refractivity contribution is 5.19. The first kappa shape index (κ1) is 24.3. The van der Waals surface area contributed by atoms with Crippen LogP contribution in [0.4, 0.5) is 0 Å². The number of rotatable bonds is 16. The van der Waals surface area contributed by atoms with Crippen LogP contribution >= 0.6 is 0 Å². The maximum Gasteiger partial charge on any atom is 0.241 e. The van der Waals surface area contributed by atoms with Gasteiger partial charge in [-0.15, -0.1) is 0 Å². The first-order valence-corrected chi connectivity index (χ1v) is 13.0. The van der Waals surface area contributed by atoms with Crippen molar-refractivity contribution < 1.29 is 4.57 Å². The number of hydrogen-bond acceptors (Lipinski definition) is 0. The van der Waals surface area contributed by atoms with Crippen LogP contribution in [-0.4, -0.2) is 4.98 Å². The molecule has 0 amide bonds. The summed E-state index contributed by atoms with van der Waals surface area (Å²) in [6, 6.07) is 22.6. The topological polar surface area (TPSA) is 19.7 Å². The normalized spacial score (nSPS) is 12.3. The zero-order valence-corrected chi connectivity index (χ0v) is 20.1. The van der Waals surface area contributed by atoms with E-state index in [9.17, 15) is 0 Å². The minimum Gasteiger partial charge on any atom is -0.250 e. The molecule has 0 bridgehead atoms. The molecule has 0 saturated heterocycles. The van der Waals surface area contributed by atoms with Crippen LogP contribution in [0.3, 0.4) is 0 Å². The van der Waals surface area contributed by atoms with Gasteiger partial charge in [0.05, 0.1) is 0 Å². The van der Waals surface area contributed by atoms with E-state index in [1.54, 1.807) is 0 Å². The summed E-state index contributed by atoms with van der Waals surface area (Å²) in [5.41, 5.74) is 2.89. The molecule has 0 aliphatic rings. The summed E-state index contributed by atoms with van der Waals surface area (Å²) in [6.07, 6.45) is 22.4. The van der Waals surface area contributed by atoms with Gasteiger partial charge in [-0.3, -0.25) is 4.98 Å². The van der Waals surface area contributed by atoms with E-state index in [0.29, 0.717) is 12.0 Å². The number of aromatic amines is 1. The van der Waals surface area contributed by atoms with Gasteiger partial charge < -0.3 is 0 Å². The van der Waals surface area contributed by atoms with Gasteiger partial charge in [0.1, 0.15) is 18.4 Å². The summed E-state index contributed by atoms with van der Waals surface area (Å²) in [5.74, 6) is 0.578. The molecule has 2 aromatic carbocycles. The molecule has 172 valence electrons. The molecule has 32 heavy (non-hydrogen) atoms. The van der Waals surface area contributed by atoms with Crippen LogP contribution < -0.4 is 4.57 Å². The predicted octanol–water partition coefficient (Wildman–Crippen LogP) is 7.87. The molecule has 0 fully saturated rings. The number of hydrogen-bond donors (Lipinski definition) is 1. The van der Waals surface area contributed by atoms with E-state index in [0.717, 1.165) is 12.8 Å². The molecular weight excluding hydrogens is 388 g/mol. The molecule has 1 aromatic heterocycles. The van der Waals surface area contributed by atoms with E-state index < -0.39 is 0 Å². The SMILES string of the molecule is CCCCCCCCCCCC(C(Cc1ccccc1)Cc1ccccc1)[n+]1cc[nH]c1. The van der Waals surface area contributed by atoms with Crippen molar-refractivity contribution in [2.24, 2.45) is 5.92 Å². The van der Waals surface area contributed by atoms with E-state index >= 15 is 0 Å². The average Bonchev–Trinajstić information content (AvgIpc) is 3.36. The van der Waals surface area contributed by atoms with Crippen molar-refractivity contribution in [3.05, 3.63) is 90.5 Å². The molecule has 3 aromatic rings. The fraction of sp³-hybridized carbons (Fsp3) is 0.500. The van der Waals surface area contributed by atoms with E-state index in [-0.39, 0.29) is 0 Å². The van der Waals surface area contributed by atoms with Crippen LogP contribution in [0.5, 0.6) is 0 Å². The third-order valence-corrected chi connectivity index (χ3v) is 6.78. The summed E-state index contributed by atoms with van der Waals surface area (Å²) in [4.78, 5) is 3.29. The van der Waals surface area contributed by atoms with Crippen LogP contribution in [0, 0.1) is 5.92 Å². The molecule has 0 saturated carbocycles. The van der Waals surface area contributed by atoms with Gasteiger partial charge in [-0.1, -0.05) is 119 Å². The lowest BCUT2D eigenvalue weighted by Crippen LogP contribution is -2.43. The zero-order chi connectivity index (χ0) is 22.3. The van der Waals surface area contributed by atoms with Crippen molar-refractivity contribution in [2.75, 3.05) is 0 Å². The van der Waals surface area contributed by atoms with Crippen molar-refractivity contribution in [1.29, 1.82) is 0 Å². The van der Waals surface area contributed by atoms with Crippen LogP contribution in [0.1, 0.15) is 88.3 Å². The minimum atomic E-state index is 0.520. The summed E-state index contributed by atoms with van der Waals surface area (Å²) < 4.78 is 2.43. The van der Waals surface area contributed by atoms with Gasteiger partial charge >= 0.3 is 0 Å². The second kappa shape index (κ2) is 14.7. The van der Waals surface area contributed by atoms with E-state index in [2.05, 4.69) is 95.9 Å². The molecule has 0 aliphatic heterocycles. The molecule has 1 N–H and O–H groups in total. The fourth-order valence-electron chi connectivity index (χ4n) is 4.98. The molecule has 0 spiro atoms. The molecule has 3 rings (SSSR count). The van der Waals surface area contributed by atoms with Crippen molar-refractivity contribution in [3.8, 4) is 0 Å². The fourth-order valence-corrected chi connectivity index (χ4v) is 4.98. The lowest BCUT2D eigenvalue weighted by molar-refractivity contribution is -0.729. The van der Waals surface area contributed by atoms with Gasteiger partial charge in [0, 0.05) is 5.92 Å². The van der Waals surface area contributed by atoms with Crippen molar-refractivity contribution in [2.45, 2.75) is 90.0 Å². The maximum atomic E-state index is 3.29. The average molecular weight is 432 g/mol. The van der Waals surface area contributed by atoms with Crippen LogP contribution in [0.2, 0.25) is 0 Å². The Kier molecular flexibility index (Phi) is 11.1. The minimum absolute atomic E-state index is 0.520. The molecule has 2 nitrogen and oxygen atoms in total. The standard InChI is InChI=1S/C30H42N2/c1-2-3-4-5-6-7-8-9-16-21-30(32-23-22-31-26-32)29(24-27-17-12-10-13-18-27)25-28-19-14-11-15-20-28/h10-15,17-20,22-23,26,29-30H,2-9,16,21,24-25H2,1H3/p+1. The Labute approximate surface area is 196 Å². The van der Waals surface area contributed by atoms with E-state index in [1.807, 2.05) is 0 Å². The largest absolute Gasteiger partial charge is 0.250 e. The number of aromatic nitrogens is 2. The Balaban J connectivity index is 1.60. The highest BCUT2D eigenvalue weighted by Crippen LogP contribution is 2.27. The van der Waals surface area contributed by atoms with E-state index in [4.69, 9.17) is 0 Å². The zero-order valence-electron chi connectivity index (χ0n) is 20.1. The summed E-state index contributed by atoms with van der Waals surface area (Å²) >= 11 is 0. The summed E-state index contributed by atoms with van der Waals surface area (Å²) in [7, 11) is 0. The highest BCUT2D eigenvalue weighted by Gasteiger charge is 2.27. The molecule has 1 heterocycles. The number of benzene rings is 2. The van der Waals surface area contributed by atoms with Gasteiger partial charge in [-0.05, 0) is 36.8 Å². The second-order valence-electron chi connectivity index (χ2n) is 9.38. The lowest BCUT2D eigenvalue weighted by Gasteiger charge is -2.25. The molecule has 0 aliphatic carbocycles. The summed E-state index contributed by atoms with van der Waals surface area (Å²) in [6.45, 7) is 2.29. The van der Waals surface area contributed by atoms with Gasteiger partial charge in [0.2, 0.25) is 6.33 Å². The van der Waals surface area contributed by atoms with Crippen LogP contribution in [0.15, 0.2) is 79.4 Å². The number of nitrogens with one attached hydrogen (secondary N) is 1. The van der Waals surface area contributed by atoms with Crippen molar-refractivity contribution in [3.63, 3.8) is 0 Å². The third kappa shape index (κ3) is 8.65. The van der Waals surface area contributed by atoms with Gasteiger partial charge in [-0.2, -0.15) is 0 Å². The highest BCUT2D eigenvalue weighted by atomic mass is 15.1. The monoisotopic (exact) mass is 431 g/mol. The number of nitrogens with zero attached hydrogens (tertiary/aromatic N) is 1. The Morgan fingerprint density at radius 2 is 1.22 bits per heavy atom. The molecule has 1 unspecified atom stereocenters. The van der Waals surface area contributed by atoms with Gasteiger partial charge in [0.15, 0.2) is 0 Å². The Hall–Kier alpha value is -2.35. The molecular formula is C30H43N2+. The Bertz CT molecular complexity index is 769. The number of H-pyrrole nitrogens is 1. The number of imidazole rings is 1. The molecule has 2 heteroatoms. The third-order valence-electron chi connectivity index (χ3n) is 6.78. The van der Waals surface area contributed by atoms with Crippen molar-refractivity contribution in [1.82, 2.24) is 4.98 Å². The van der Waals surface area contributed by atoms with Crippen molar-refractivity contribution >= 4 is 0 Å². The first-order valence-electron chi connectivity index (χ1n) is 13.0. The van der Waals surface area contributed by atoms with Gasteiger partial charge in [-0.25, -0.2) is 4.57 Å².